The van der Waals surface area contributed by atoms with E-state index in [4.69, 9.17) is 14.2 Å². The van der Waals surface area contributed by atoms with Crippen LogP contribution in [-0.4, -0.2) is 38.0 Å². The first-order chi connectivity index (χ1) is 14.5. The Hall–Kier alpha value is -3.54. The van der Waals surface area contributed by atoms with Crippen LogP contribution in [0.1, 0.15) is 30.5 Å². The fraction of sp³-hybridized carbons (Fsp3) is 0.250. The van der Waals surface area contributed by atoms with Crippen LogP contribution in [0, 0.1) is 0 Å². The van der Waals surface area contributed by atoms with E-state index in [-0.39, 0.29) is 11.9 Å². The Morgan fingerprint density at radius 2 is 1.57 bits per heavy atom. The summed E-state index contributed by atoms with van der Waals surface area (Å²) >= 11 is 0. The quantitative estimate of drug-likeness (QED) is 0.625. The lowest BCUT2D eigenvalue weighted by molar-refractivity contribution is -0.130. The molecule has 1 aliphatic heterocycles. The third kappa shape index (κ3) is 3.45. The van der Waals surface area contributed by atoms with Crippen LogP contribution in [-0.2, 0) is 4.79 Å². The highest BCUT2D eigenvalue weighted by molar-refractivity contribution is 6.05. The first-order valence-electron chi connectivity index (χ1n) is 9.72. The monoisotopic (exact) mass is 404 g/mol. The normalized spacial score (nSPS) is 15.8. The number of ether oxygens (including phenoxy) is 3. The van der Waals surface area contributed by atoms with Gasteiger partial charge in [-0.25, -0.2) is 5.01 Å². The minimum atomic E-state index is -0.293. The largest absolute Gasteiger partial charge is 0.496 e. The Balaban J connectivity index is 1.76. The molecule has 0 radical (unpaired) electrons. The van der Waals surface area contributed by atoms with E-state index in [0.717, 1.165) is 22.2 Å². The Morgan fingerprint density at radius 3 is 2.23 bits per heavy atom. The van der Waals surface area contributed by atoms with Crippen molar-refractivity contribution in [1.29, 1.82) is 0 Å². The summed E-state index contributed by atoms with van der Waals surface area (Å²) in [4.78, 5) is 12.4. The van der Waals surface area contributed by atoms with E-state index < -0.39 is 0 Å². The molecule has 1 unspecified atom stereocenters. The van der Waals surface area contributed by atoms with Gasteiger partial charge in [0.15, 0.2) is 11.5 Å². The van der Waals surface area contributed by atoms with E-state index in [1.807, 2.05) is 24.3 Å². The third-order valence-electron chi connectivity index (χ3n) is 5.41. The lowest BCUT2D eigenvalue weighted by atomic mass is 9.96. The van der Waals surface area contributed by atoms with Crippen molar-refractivity contribution in [2.45, 2.75) is 19.4 Å². The average Bonchev–Trinajstić information content (AvgIpc) is 3.23. The molecule has 1 aliphatic rings. The first kappa shape index (κ1) is 19.8. The molecule has 0 bridgehead atoms. The molecular formula is C24H24N2O4. The Kier molecular flexibility index (Phi) is 5.31. The van der Waals surface area contributed by atoms with Gasteiger partial charge < -0.3 is 14.2 Å². The van der Waals surface area contributed by atoms with Crippen LogP contribution in [0.2, 0.25) is 0 Å². The SMILES string of the molecule is COc1cc(OC)c(C2CC(c3ccc4ccccc4c3)=NN2C(C)=O)cc1OC. The summed E-state index contributed by atoms with van der Waals surface area (Å²) in [5, 5.41) is 8.50. The maximum Gasteiger partial charge on any atom is 0.240 e. The summed E-state index contributed by atoms with van der Waals surface area (Å²) in [6.45, 7) is 1.52. The number of amides is 1. The van der Waals surface area contributed by atoms with Crippen LogP contribution < -0.4 is 14.2 Å². The van der Waals surface area contributed by atoms with Gasteiger partial charge in [-0.05, 0) is 28.5 Å². The van der Waals surface area contributed by atoms with E-state index in [0.29, 0.717) is 23.7 Å². The number of hydrogen-bond acceptors (Lipinski definition) is 5. The lowest BCUT2D eigenvalue weighted by Gasteiger charge is -2.23. The fourth-order valence-corrected chi connectivity index (χ4v) is 3.90. The van der Waals surface area contributed by atoms with Crippen LogP contribution in [0.5, 0.6) is 17.2 Å². The Morgan fingerprint density at radius 1 is 0.900 bits per heavy atom. The number of carbonyl (C=O) groups excluding carboxylic acids is 1. The Bertz CT molecular complexity index is 1140. The van der Waals surface area contributed by atoms with Gasteiger partial charge in [-0.3, -0.25) is 4.79 Å². The summed E-state index contributed by atoms with van der Waals surface area (Å²) < 4.78 is 16.5. The molecule has 4 rings (SSSR count). The molecule has 1 amide bonds. The first-order valence-corrected chi connectivity index (χ1v) is 9.72. The maximum absolute atomic E-state index is 12.4. The predicted octanol–water partition coefficient (Wildman–Crippen LogP) is 4.56. The molecule has 0 aliphatic carbocycles. The summed E-state index contributed by atoms with van der Waals surface area (Å²) in [6, 6.07) is 17.8. The van der Waals surface area contributed by atoms with Gasteiger partial charge in [0.2, 0.25) is 5.91 Å². The van der Waals surface area contributed by atoms with Gasteiger partial charge in [-0.15, -0.1) is 0 Å². The molecule has 0 fully saturated rings. The molecule has 0 N–H and O–H groups in total. The molecule has 1 heterocycles. The number of carbonyl (C=O) groups is 1. The van der Waals surface area contributed by atoms with Crippen molar-refractivity contribution >= 4 is 22.4 Å². The zero-order valence-electron chi connectivity index (χ0n) is 17.5. The molecule has 6 heteroatoms. The number of hydrogen-bond donors (Lipinski definition) is 0. The lowest BCUT2D eigenvalue weighted by Crippen LogP contribution is -2.24. The number of nitrogens with zero attached hydrogens (tertiary/aromatic N) is 2. The van der Waals surface area contributed by atoms with Crippen LogP contribution in [0.3, 0.4) is 0 Å². The molecular weight excluding hydrogens is 380 g/mol. The van der Waals surface area contributed by atoms with Crippen LogP contribution in [0.15, 0.2) is 59.7 Å². The van der Waals surface area contributed by atoms with E-state index in [1.165, 1.54) is 17.3 Å². The van der Waals surface area contributed by atoms with Crippen molar-refractivity contribution in [1.82, 2.24) is 5.01 Å². The molecule has 154 valence electrons. The maximum atomic E-state index is 12.4. The number of methoxy groups -OCH3 is 3. The van der Waals surface area contributed by atoms with Crippen molar-refractivity contribution in [3.63, 3.8) is 0 Å². The molecule has 0 saturated heterocycles. The van der Waals surface area contributed by atoms with Gasteiger partial charge in [0.05, 0.1) is 33.1 Å². The highest BCUT2D eigenvalue weighted by Crippen LogP contribution is 2.43. The molecule has 0 aromatic heterocycles. The van der Waals surface area contributed by atoms with Gasteiger partial charge in [-0.2, -0.15) is 5.10 Å². The summed E-state index contributed by atoms with van der Waals surface area (Å²) in [6.07, 6.45) is 0.573. The predicted molar refractivity (Wildman–Crippen MR) is 116 cm³/mol. The minimum absolute atomic E-state index is 0.132. The van der Waals surface area contributed by atoms with Crippen LogP contribution in [0.4, 0.5) is 0 Å². The molecule has 6 nitrogen and oxygen atoms in total. The number of rotatable bonds is 5. The zero-order chi connectivity index (χ0) is 21.3. The average molecular weight is 404 g/mol. The summed E-state index contributed by atoms with van der Waals surface area (Å²) in [5.74, 6) is 1.64. The van der Waals surface area contributed by atoms with E-state index in [1.54, 1.807) is 27.4 Å². The van der Waals surface area contributed by atoms with E-state index in [9.17, 15) is 4.79 Å². The second-order valence-electron chi connectivity index (χ2n) is 7.14. The second kappa shape index (κ2) is 8.06. The van der Waals surface area contributed by atoms with Gasteiger partial charge in [0.1, 0.15) is 5.75 Å². The summed E-state index contributed by atoms with van der Waals surface area (Å²) in [5.41, 5.74) is 2.68. The van der Waals surface area contributed by atoms with Gasteiger partial charge >= 0.3 is 0 Å². The van der Waals surface area contributed by atoms with Crippen molar-refractivity contribution in [3.05, 3.63) is 65.7 Å². The van der Waals surface area contributed by atoms with Gasteiger partial charge in [-0.1, -0.05) is 36.4 Å². The third-order valence-corrected chi connectivity index (χ3v) is 5.41. The minimum Gasteiger partial charge on any atom is -0.496 e. The van der Waals surface area contributed by atoms with Crippen molar-refractivity contribution in [2.75, 3.05) is 21.3 Å². The van der Waals surface area contributed by atoms with Crippen LogP contribution >= 0.6 is 0 Å². The standard InChI is InChI=1S/C24H24N2O4/c1-15(27)26-21(19-12-23(29-3)24(30-4)14-22(19)28-2)13-20(25-26)18-10-9-16-7-5-6-8-17(16)11-18/h5-12,14,21H,13H2,1-4H3. The van der Waals surface area contributed by atoms with Crippen LogP contribution in [0.25, 0.3) is 10.8 Å². The topological polar surface area (TPSA) is 60.4 Å². The fourth-order valence-electron chi connectivity index (χ4n) is 3.90. The van der Waals surface area contributed by atoms with Crippen molar-refractivity contribution in [2.24, 2.45) is 5.10 Å². The molecule has 3 aromatic carbocycles. The number of fused-ring (bicyclic) bond motifs is 1. The molecule has 0 spiro atoms. The van der Waals surface area contributed by atoms with Gasteiger partial charge in [0, 0.05) is 25.0 Å². The number of hydrazone groups is 1. The molecule has 30 heavy (non-hydrogen) atoms. The molecule has 1 atom stereocenters. The highest BCUT2D eigenvalue weighted by atomic mass is 16.5. The van der Waals surface area contributed by atoms with Crippen molar-refractivity contribution < 1.29 is 19.0 Å². The Labute approximate surface area is 175 Å². The highest BCUT2D eigenvalue weighted by Gasteiger charge is 2.34. The number of benzene rings is 3. The van der Waals surface area contributed by atoms with E-state index >= 15 is 0 Å². The molecule has 0 saturated carbocycles. The summed E-state index contributed by atoms with van der Waals surface area (Å²) in [7, 11) is 4.76. The smallest absolute Gasteiger partial charge is 0.240 e. The van der Waals surface area contributed by atoms with Crippen molar-refractivity contribution in [3.8, 4) is 17.2 Å². The zero-order valence-corrected chi connectivity index (χ0v) is 17.5. The molecule has 3 aromatic rings. The second-order valence-corrected chi connectivity index (χ2v) is 7.14. The van der Waals surface area contributed by atoms with Gasteiger partial charge in [0.25, 0.3) is 0 Å². The van der Waals surface area contributed by atoms with E-state index in [2.05, 4.69) is 29.4 Å².